The van der Waals surface area contributed by atoms with E-state index in [0.717, 1.165) is 0 Å². The molecule has 0 fully saturated rings. The number of benzene rings is 1. The van der Waals surface area contributed by atoms with Crippen LogP contribution in [-0.4, -0.2) is 11.8 Å². The smallest absolute Gasteiger partial charge is 0.236 e. The summed E-state index contributed by atoms with van der Waals surface area (Å²) in [4.78, 5) is 22.8. The average molecular weight is 190 g/mol. The van der Waals surface area contributed by atoms with Crippen LogP contribution in [0.25, 0.3) is 0 Å². The van der Waals surface area contributed by atoms with E-state index in [9.17, 15) is 9.59 Å². The molecule has 1 aromatic carbocycles. The summed E-state index contributed by atoms with van der Waals surface area (Å²) in [5.41, 5.74) is 1.30. The number of para-hydroxylation sites is 2. The van der Waals surface area contributed by atoms with E-state index in [0.29, 0.717) is 11.4 Å². The van der Waals surface area contributed by atoms with Crippen molar-refractivity contribution in [3.63, 3.8) is 0 Å². The van der Waals surface area contributed by atoms with Gasteiger partial charge in [0.15, 0.2) is 0 Å². The van der Waals surface area contributed by atoms with Gasteiger partial charge < -0.3 is 10.6 Å². The highest BCUT2D eigenvalue weighted by Crippen LogP contribution is 2.24. The van der Waals surface area contributed by atoms with Gasteiger partial charge in [0, 0.05) is 0 Å². The van der Waals surface area contributed by atoms with Crippen molar-refractivity contribution < 1.29 is 9.59 Å². The Labute approximate surface area is 81.3 Å². The highest BCUT2D eigenvalue weighted by atomic mass is 16.2. The molecule has 72 valence electrons. The number of nitrogens with one attached hydrogen (secondary N) is 2. The van der Waals surface area contributed by atoms with Crippen LogP contribution >= 0.6 is 0 Å². The van der Waals surface area contributed by atoms with Crippen LogP contribution in [-0.2, 0) is 9.59 Å². The zero-order valence-corrected chi connectivity index (χ0v) is 7.70. The molecule has 0 spiro atoms. The fraction of sp³-hybridized carbons (Fsp3) is 0.200. The SMILES string of the molecule is CC1C(=O)Nc2ccccc2NC1=O. The van der Waals surface area contributed by atoms with Crippen molar-refractivity contribution in [2.24, 2.45) is 5.92 Å². The minimum atomic E-state index is -0.651. The molecule has 4 heteroatoms. The molecule has 0 atom stereocenters. The highest BCUT2D eigenvalue weighted by Gasteiger charge is 2.25. The largest absolute Gasteiger partial charge is 0.324 e. The molecule has 1 heterocycles. The molecule has 1 aliphatic heterocycles. The van der Waals surface area contributed by atoms with Gasteiger partial charge in [-0.05, 0) is 19.1 Å². The molecule has 2 rings (SSSR count). The Hall–Kier alpha value is -1.84. The van der Waals surface area contributed by atoms with Crippen molar-refractivity contribution >= 4 is 23.2 Å². The summed E-state index contributed by atoms with van der Waals surface area (Å²) in [5, 5.41) is 5.36. The number of carbonyl (C=O) groups excluding carboxylic acids is 2. The maximum atomic E-state index is 11.4. The monoisotopic (exact) mass is 190 g/mol. The van der Waals surface area contributed by atoms with Gasteiger partial charge in [-0.2, -0.15) is 0 Å². The minimum absolute atomic E-state index is 0.271. The van der Waals surface area contributed by atoms with Gasteiger partial charge in [-0.3, -0.25) is 9.59 Å². The van der Waals surface area contributed by atoms with Crippen molar-refractivity contribution in [1.82, 2.24) is 0 Å². The van der Waals surface area contributed by atoms with Crippen LogP contribution in [0.1, 0.15) is 6.92 Å². The van der Waals surface area contributed by atoms with E-state index in [-0.39, 0.29) is 11.8 Å². The van der Waals surface area contributed by atoms with Gasteiger partial charge in [0.05, 0.1) is 11.4 Å². The fourth-order valence-electron chi connectivity index (χ4n) is 1.30. The predicted molar refractivity (Wildman–Crippen MR) is 52.9 cm³/mol. The van der Waals surface area contributed by atoms with Crippen molar-refractivity contribution in [3.8, 4) is 0 Å². The first-order valence-corrected chi connectivity index (χ1v) is 4.39. The Morgan fingerprint density at radius 2 is 1.43 bits per heavy atom. The molecule has 0 bridgehead atoms. The van der Waals surface area contributed by atoms with Crippen LogP contribution < -0.4 is 10.6 Å². The zero-order chi connectivity index (χ0) is 10.1. The standard InChI is InChI=1S/C10H10N2O2/c1-6-9(13)11-7-4-2-3-5-8(7)12-10(6)14/h2-6H,1H3,(H,11,13)(H,12,14). The molecule has 0 saturated heterocycles. The maximum absolute atomic E-state index is 11.4. The molecule has 1 aliphatic rings. The molecule has 0 saturated carbocycles. The van der Waals surface area contributed by atoms with Crippen molar-refractivity contribution in [2.45, 2.75) is 6.92 Å². The first-order valence-electron chi connectivity index (χ1n) is 4.39. The van der Waals surface area contributed by atoms with Crippen LogP contribution in [0, 0.1) is 5.92 Å². The van der Waals surface area contributed by atoms with E-state index < -0.39 is 5.92 Å². The molecule has 0 aromatic heterocycles. The Balaban J connectivity index is 2.44. The molecule has 0 radical (unpaired) electrons. The third-order valence-corrected chi connectivity index (χ3v) is 2.23. The van der Waals surface area contributed by atoms with Crippen LogP contribution in [0.3, 0.4) is 0 Å². The average Bonchev–Trinajstić information content (AvgIpc) is 2.28. The number of hydrogen-bond donors (Lipinski definition) is 2. The number of amides is 2. The zero-order valence-electron chi connectivity index (χ0n) is 7.70. The molecule has 2 N–H and O–H groups in total. The normalized spacial score (nSPS) is 16.6. The van der Waals surface area contributed by atoms with Gasteiger partial charge in [0.2, 0.25) is 11.8 Å². The van der Waals surface area contributed by atoms with E-state index >= 15 is 0 Å². The summed E-state index contributed by atoms with van der Waals surface area (Å²) in [6, 6.07) is 7.12. The Kier molecular flexibility index (Phi) is 1.96. The lowest BCUT2D eigenvalue weighted by molar-refractivity contribution is -0.128. The number of anilines is 2. The van der Waals surface area contributed by atoms with Gasteiger partial charge in [-0.15, -0.1) is 0 Å². The van der Waals surface area contributed by atoms with Gasteiger partial charge in [-0.25, -0.2) is 0 Å². The van der Waals surface area contributed by atoms with E-state index in [1.54, 1.807) is 31.2 Å². The Morgan fingerprint density at radius 1 is 1.00 bits per heavy atom. The summed E-state index contributed by atoms with van der Waals surface area (Å²) in [7, 11) is 0. The van der Waals surface area contributed by atoms with Crippen LogP contribution in [0.15, 0.2) is 24.3 Å². The van der Waals surface area contributed by atoms with Gasteiger partial charge >= 0.3 is 0 Å². The van der Waals surface area contributed by atoms with Crippen LogP contribution in [0.4, 0.5) is 11.4 Å². The third kappa shape index (κ3) is 1.35. The third-order valence-electron chi connectivity index (χ3n) is 2.23. The molecule has 14 heavy (non-hydrogen) atoms. The topological polar surface area (TPSA) is 58.2 Å². The Morgan fingerprint density at radius 3 is 1.86 bits per heavy atom. The summed E-state index contributed by atoms with van der Waals surface area (Å²) in [6.45, 7) is 1.58. The molecule has 4 nitrogen and oxygen atoms in total. The second-order valence-corrected chi connectivity index (χ2v) is 3.25. The second-order valence-electron chi connectivity index (χ2n) is 3.25. The number of carbonyl (C=O) groups is 2. The second kappa shape index (κ2) is 3.14. The van der Waals surface area contributed by atoms with Gasteiger partial charge in [-0.1, -0.05) is 12.1 Å². The molecule has 0 aliphatic carbocycles. The first-order chi connectivity index (χ1) is 6.68. The molecular weight excluding hydrogens is 180 g/mol. The van der Waals surface area contributed by atoms with E-state index in [4.69, 9.17) is 0 Å². The van der Waals surface area contributed by atoms with Crippen molar-refractivity contribution in [3.05, 3.63) is 24.3 Å². The first kappa shape index (κ1) is 8.74. The summed E-state index contributed by atoms with van der Waals surface area (Å²) in [5.74, 6) is -1.19. The molecule has 0 unspecified atom stereocenters. The number of fused-ring (bicyclic) bond motifs is 1. The Bertz CT molecular complexity index is 364. The lowest BCUT2D eigenvalue weighted by atomic mass is 10.1. The summed E-state index contributed by atoms with van der Waals surface area (Å²) in [6.07, 6.45) is 0. The fourth-order valence-corrected chi connectivity index (χ4v) is 1.30. The van der Waals surface area contributed by atoms with Gasteiger partial charge in [0.25, 0.3) is 0 Å². The summed E-state index contributed by atoms with van der Waals surface area (Å²) >= 11 is 0. The lowest BCUT2D eigenvalue weighted by Crippen LogP contribution is -2.28. The number of hydrogen-bond acceptors (Lipinski definition) is 2. The maximum Gasteiger partial charge on any atom is 0.236 e. The van der Waals surface area contributed by atoms with Crippen LogP contribution in [0.5, 0.6) is 0 Å². The van der Waals surface area contributed by atoms with Crippen molar-refractivity contribution in [2.75, 3.05) is 10.6 Å². The van der Waals surface area contributed by atoms with E-state index in [1.165, 1.54) is 0 Å². The lowest BCUT2D eigenvalue weighted by Gasteiger charge is -2.04. The quantitative estimate of drug-likeness (QED) is 0.604. The molecule has 2 amide bonds. The number of rotatable bonds is 0. The van der Waals surface area contributed by atoms with Crippen molar-refractivity contribution in [1.29, 1.82) is 0 Å². The van der Waals surface area contributed by atoms with Crippen LogP contribution in [0.2, 0.25) is 0 Å². The van der Waals surface area contributed by atoms with Gasteiger partial charge in [0.1, 0.15) is 5.92 Å². The minimum Gasteiger partial charge on any atom is -0.324 e. The summed E-state index contributed by atoms with van der Waals surface area (Å²) < 4.78 is 0. The highest BCUT2D eigenvalue weighted by molar-refractivity contribution is 6.15. The van der Waals surface area contributed by atoms with E-state index in [1.807, 2.05) is 0 Å². The molecular formula is C10H10N2O2. The van der Waals surface area contributed by atoms with E-state index in [2.05, 4.69) is 10.6 Å². The molecule has 1 aromatic rings. The predicted octanol–water partition coefficient (Wildman–Crippen LogP) is 1.21.